The van der Waals surface area contributed by atoms with E-state index < -0.39 is 21.0 Å². The fourth-order valence-electron chi connectivity index (χ4n) is 3.00. The average molecular weight is 386 g/mol. The van der Waals surface area contributed by atoms with Crippen molar-refractivity contribution in [3.05, 3.63) is 23.1 Å². The van der Waals surface area contributed by atoms with Crippen LogP contribution in [0, 0.1) is 5.41 Å². The minimum Gasteiger partial charge on any atom is -0.474 e. The fraction of sp³-hybridized carbons (Fsp3) is 0.750. The lowest BCUT2D eigenvalue weighted by Gasteiger charge is -2.32. The third-order valence-electron chi connectivity index (χ3n) is 5.11. The second kappa shape index (κ2) is 9.18. The Morgan fingerprint density at radius 1 is 1.27 bits per heavy atom. The van der Waals surface area contributed by atoms with Gasteiger partial charge < -0.3 is 9.84 Å². The maximum atomic E-state index is 12.8. The van der Waals surface area contributed by atoms with Gasteiger partial charge in [0.05, 0.1) is 6.61 Å². The molecule has 0 saturated heterocycles. The van der Waals surface area contributed by atoms with Gasteiger partial charge in [-0.05, 0) is 44.3 Å². The van der Waals surface area contributed by atoms with Crippen LogP contribution in [0.5, 0.6) is 0 Å². The van der Waals surface area contributed by atoms with Crippen LogP contribution in [0.3, 0.4) is 0 Å². The van der Waals surface area contributed by atoms with Crippen LogP contribution in [0.1, 0.15) is 67.7 Å². The van der Waals surface area contributed by atoms with Crippen molar-refractivity contribution >= 4 is 16.7 Å². The van der Waals surface area contributed by atoms with Gasteiger partial charge in [-0.2, -0.15) is 0 Å². The third kappa shape index (κ3) is 4.97. The number of nitrogens with one attached hydrogen (secondary N) is 1. The topological polar surface area (TPSA) is 75.6 Å². The first kappa shape index (κ1) is 22.9. The molecule has 0 aromatic heterocycles. The summed E-state index contributed by atoms with van der Waals surface area (Å²) in [6.07, 6.45) is 4.17. The molecule has 6 heteroatoms. The van der Waals surface area contributed by atoms with E-state index in [0.29, 0.717) is 12.5 Å². The van der Waals surface area contributed by atoms with E-state index in [9.17, 15) is 14.1 Å². The van der Waals surface area contributed by atoms with Gasteiger partial charge in [-0.1, -0.05) is 34.6 Å². The van der Waals surface area contributed by atoms with Gasteiger partial charge in [0.15, 0.2) is 5.88 Å². The zero-order valence-corrected chi connectivity index (χ0v) is 18.1. The Labute approximate surface area is 160 Å². The molecule has 0 aromatic carbocycles. The number of aliphatic hydroxyl groups excluding tert-OH is 1. The Hall–Kier alpha value is -1.14. The van der Waals surface area contributed by atoms with E-state index in [1.54, 1.807) is 19.9 Å². The van der Waals surface area contributed by atoms with Gasteiger partial charge in [0.1, 0.15) is 11.4 Å². The Morgan fingerprint density at radius 3 is 2.31 bits per heavy atom. The molecule has 0 aliphatic carbocycles. The Kier molecular flexibility index (Phi) is 8.08. The van der Waals surface area contributed by atoms with Crippen LogP contribution in [-0.4, -0.2) is 38.4 Å². The first-order valence-corrected chi connectivity index (χ1v) is 10.7. The normalized spacial score (nSPS) is 17.0. The van der Waals surface area contributed by atoms with Gasteiger partial charge in [-0.3, -0.25) is 14.3 Å². The molecule has 0 spiro atoms. The summed E-state index contributed by atoms with van der Waals surface area (Å²) in [5.41, 5.74) is 1.68. The quantitative estimate of drug-likeness (QED) is 0.638. The van der Waals surface area contributed by atoms with E-state index in [-0.39, 0.29) is 17.8 Å². The highest BCUT2D eigenvalue weighted by molar-refractivity contribution is 7.87. The number of aliphatic hydroxyl groups is 1. The van der Waals surface area contributed by atoms with Crippen molar-refractivity contribution in [2.45, 2.75) is 77.7 Å². The number of amides is 1. The minimum atomic E-state index is -1.29. The molecule has 1 aliphatic rings. The van der Waals surface area contributed by atoms with Crippen molar-refractivity contribution in [1.29, 1.82) is 0 Å². The number of carbonyl (C=O) groups excluding carboxylic acids is 1. The summed E-state index contributed by atoms with van der Waals surface area (Å²) in [6.45, 7) is 13.8. The molecule has 2 N–H and O–H groups in total. The third-order valence-corrected chi connectivity index (χ3v) is 7.57. The number of carbonyl (C=O) groups is 1. The molecule has 150 valence electrons. The molecule has 5 nitrogen and oxygen atoms in total. The Balaban J connectivity index is 3.06. The van der Waals surface area contributed by atoms with Gasteiger partial charge >= 0.3 is 0 Å². The first-order chi connectivity index (χ1) is 12.0. The van der Waals surface area contributed by atoms with E-state index >= 15 is 0 Å². The van der Waals surface area contributed by atoms with E-state index in [1.165, 1.54) is 0 Å². The standard InChI is InChI=1S/C20H35NO4S/c1-8-14-12-25-17(11-16(14)19(4,5)13-22)21-18(23)20(6,7)26(24)15(9-2)10-3/h11,15,22H,8-10,12-13H2,1-7H3,(H,21,23). The molecular weight excluding hydrogens is 350 g/mol. The van der Waals surface area contributed by atoms with Crippen LogP contribution < -0.4 is 5.32 Å². The summed E-state index contributed by atoms with van der Waals surface area (Å²) in [5.74, 6) is 0.0495. The van der Waals surface area contributed by atoms with E-state index in [2.05, 4.69) is 5.32 Å². The molecule has 0 saturated carbocycles. The summed E-state index contributed by atoms with van der Waals surface area (Å²) in [4.78, 5) is 12.8. The lowest BCUT2D eigenvalue weighted by atomic mass is 9.80. The Morgan fingerprint density at radius 2 is 1.85 bits per heavy atom. The van der Waals surface area contributed by atoms with Crippen molar-refractivity contribution in [2.75, 3.05) is 13.2 Å². The number of rotatable bonds is 9. The summed E-state index contributed by atoms with van der Waals surface area (Å²) < 4.78 is 17.5. The number of hydrogen-bond acceptors (Lipinski definition) is 4. The smallest absolute Gasteiger partial charge is 0.244 e. The van der Waals surface area contributed by atoms with Crippen LogP contribution in [0.15, 0.2) is 23.1 Å². The van der Waals surface area contributed by atoms with E-state index in [0.717, 1.165) is 30.4 Å². The zero-order chi connectivity index (χ0) is 20.1. The number of hydrogen-bond donors (Lipinski definition) is 2. The summed E-state index contributed by atoms with van der Waals surface area (Å²) in [6, 6.07) is 0. The number of allylic oxidation sites excluding steroid dienone is 1. The lowest BCUT2D eigenvalue weighted by Crippen LogP contribution is -2.48. The molecule has 1 unspecified atom stereocenters. The highest BCUT2D eigenvalue weighted by Gasteiger charge is 2.38. The molecule has 1 rings (SSSR count). The molecule has 0 aromatic rings. The molecule has 1 heterocycles. The van der Waals surface area contributed by atoms with Gasteiger partial charge in [-0.25, -0.2) is 0 Å². The molecule has 0 radical (unpaired) electrons. The summed E-state index contributed by atoms with van der Waals surface area (Å²) in [7, 11) is -1.29. The van der Waals surface area contributed by atoms with Gasteiger partial charge in [0, 0.05) is 27.5 Å². The molecule has 1 aliphatic heterocycles. The molecule has 0 bridgehead atoms. The predicted molar refractivity (Wildman–Crippen MR) is 107 cm³/mol. The largest absolute Gasteiger partial charge is 0.474 e. The zero-order valence-electron chi connectivity index (χ0n) is 17.3. The fourth-order valence-corrected chi connectivity index (χ4v) is 4.68. The van der Waals surface area contributed by atoms with Crippen molar-refractivity contribution < 1.29 is 18.8 Å². The lowest BCUT2D eigenvalue weighted by molar-refractivity contribution is -0.123. The molecule has 1 amide bonds. The van der Waals surface area contributed by atoms with E-state index in [4.69, 9.17) is 4.74 Å². The molecular formula is C20H35NO4S. The SMILES string of the molecule is CCC1=C(C(C)(C)CO)C=C(NC(=O)C(C)(C)S(=O)C(CC)CC)OC1. The maximum Gasteiger partial charge on any atom is 0.244 e. The van der Waals surface area contributed by atoms with Crippen molar-refractivity contribution in [1.82, 2.24) is 5.32 Å². The second-order valence-electron chi connectivity index (χ2n) is 7.91. The van der Waals surface area contributed by atoms with Crippen LogP contribution in [0.25, 0.3) is 0 Å². The predicted octanol–water partition coefficient (Wildman–Crippen LogP) is 3.42. The van der Waals surface area contributed by atoms with Crippen molar-refractivity contribution in [3.8, 4) is 0 Å². The van der Waals surface area contributed by atoms with Crippen LogP contribution in [0.4, 0.5) is 0 Å². The monoisotopic (exact) mass is 385 g/mol. The second-order valence-corrected chi connectivity index (χ2v) is 10.2. The molecule has 26 heavy (non-hydrogen) atoms. The van der Waals surface area contributed by atoms with Crippen LogP contribution in [-0.2, 0) is 20.3 Å². The Bertz CT molecular complexity index is 601. The summed E-state index contributed by atoms with van der Waals surface area (Å²) in [5, 5.41) is 12.5. The van der Waals surface area contributed by atoms with Gasteiger partial charge in [0.2, 0.25) is 5.91 Å². The van der Waals surface area contributed by atoms with Crippen LogP contribution in [0.2, 0.25) is 0 Å². The average Bonchev–Trinajstić information content (AvgIpc) is 2.62. The van der Waals surface area contributed by atoms with Crippen LogP contribution >= 0.6 is 0 Å². The molecule has 1 atom stereocenters. The molecule has 0 fully saturated rings. The highest BCUT2D eigenvalue weighted by atomic mass is 32.2. The summed E-state index contributed by atoms with van der Waals surface area (Å²) >= 11 is 0. The van der Waals surface area contributed by atoms with Crippen molar-refractivity contribution in [2.24, 2.45) is 5.41 Å². The maximum absolute atomic E-state index is 12.8. The number of ether oxygens (including phenoxy) is 1. The van der Waals surface area contributed by atoms with E-state index in [1.807, 2.05) is 34.6 Å². The highest BCUT2D eigenvalue weighted by Crippen LogP contribution is 2.34. The van der Waals surface area contributed by atoms with Gasteiger partial charge in [0.25, 0.3) is 0 Å². The van der Waals surface area contributed by atoms with Gasteiger partial charge in [-0.15, -0.1) is 0 Å². The minimum absolute atomic E-state index is 0.00697. The van der Waals surface area contributed by atoms with Crippen molar-refractivity contribution in [3.63, 3.8) is 0 Å². The first-order valence-electron chi connectivity index (χ1n) is 9.45.